The highest BCUT2D eigenvalue weighted by molar-refractivity contribution is 5.94. The van der Waals surface area contributed by atoms with Crippen LogP contribution >= 0.6 is 0 Å². The minimum atomic E-state index is -0.646. The molecular formula is C20H21NO5. The summed E-state index contributed by atoms with van der Waals surface area (Å²) in [6, 6.07) is 10.3. The second-order valence-corrected chi connectivity index (χ2v) is 5.80. The van der Waals surface area contributed by atoms with Crippen molar-refractivity contribution >= 4 is 23.6 Å². The van der Waals surface area contributed by atoms with Gasteiger partial charge in [0, 0.05) is 11.8 Å². The molecule has 2 N–H and O–H groups in total. The summed E-state index contributed by atoms with van der Waals surface area (Å²) in [5.41, 5.74) is 3.38. The molecule has 0 heterocycles. The van der Waals surface area contributed by atoms with E-state index < -0.39 is 11.9 Å². The standard InChI is InChI=1S/C20H21NO5/c1-13-8-14(2)10-16(9-13)21-19(23)12-26-20(24)7-5-15-4-6-17(22)18(11-15)25-3/h4-11,22H,12H2,1-3H3,(H,21,23)/b7-5+. The first-order valence-corrected chi connectivity index (χ1v) is 7.97. The van der Waals surface area contributed by atoms with Crippen molar-refractivity contribution in [2.24, 2.45) is 0 Å². The van der Waals surface area contributed by atoms with Crippen LogP contribution in [0, 0.1) is 13.8 Å². The van der Waals surface area contributed by atoms with Crippen LogP contribution in [0.1, 0.15) is 16.7 Å². The van der Waals surface area contributed by atoms with Crippen LogP contribution in [0.5, 0.6) is 11.5 Å². The number of carbonyl (C=O) groups excluding carboxylic acids is 2. The maximum atomic E-state index is 11.9. The second-order valence-electron chi connectivity index (χ2n) is 5.80. The fourth-order valence-corrected chi connectivity index (χ4v) is 2.39. The molecule has 0 atom stereocenters. The topological polar surface area (TPSA) is 84.9 Å². The Morgan fingerprint density at radius 3 is 2.46 bits per heavy atom. The number of esters is 1. The predicted molar refractivity (Wildman–Crippen MR) is 99.2 cm³/mol. The van der Waals surface area contributed by atoms with Crippen molar-refractivity contribution in [3.05, 3.63) is 59.2 Å². The molecule has 0 unspecified atom stereocenters. The number of methoxy groups -OCH3 is 1. The lowest BCUT2D eigenvalue weighted by atomic mass is 10.1. The van der Waals surface area contributed by atoms with Gasteiger partial charge in [0.15, 0.2) is 18.1 Å². The summed E-state index contributed by atoms with van der Waals surface area (Å²) < 4.78 is 9.91. The Bertz CT molecular complexity index is 822. The first-order chi connectivity index (χ1) is 12.4. The van der Waals surface area contributed by atoms with Crippen LogP contribution < -0.4 is 10.1 Å². The van der Waals surface area contributed by atoms with Crippen LogP contribution in [0.4, 0.5) is 5.69 Å². The van der Waals surface area contributed by atoms with Gasteiger partial charge in [-0.25, -0.2) is 4.79 Å². The van der Waals surface area contributed by atoms with Crippen LogP contribution in [0.3, 0.4) is 0 Å². The highest BCUT2D eigenvalue weighted by Gasteiger charge is 2.07. The molecule has 1 amide bonds. The van der Waals surface area contributed by atoms with E-state index in [1.807, 2.05) is 32.0 Å². The SMILES string of the molecule is COc1cc(/C=C/C(=O)OCC(=O)Nc2cc(C)cc(C)c2)ccc1O. The molecule has 0 aliphatic heterocycles. The molecule has 0 aliphatic carbocycles. The van der Waals surface area contributed by atoms with Gasteiger partial charge < -0.3 is 19.9 Å². The van der Waals surface area contributed by atoms with Crippen molar-refractivity contribution in [1.29, 1.82) is 0 Å². The zero-order valence-electron chi connectivity index (χ0n) is 14.9. The molecule has 2 aromatic carbocycles. The molecule has 0 spiro atoms. The summed E-state index contributed by atoms with van der Waals surface area (Å²) in [5.74, 6) is -0.751. The number of aromatic hydroxyl groups is 1. The average Bonchev–Trinajstić information content (AvgIpc) is 2.58. The molecule has 0 aliphatic rings. The third-order valence-corrected chi connectivity index (χ3v) is 3.47. The number of phenolic OH excluding ortho intramolecular Hbond substituents is 1. The highest BCUT2D eigenvalue weighted by atomic mass is 16.5. The molecule has 0 fully saturated rings. The third kappa shape index (κ3) is 5.66. The molecule has 2 aromatic rings. The molecular weight excluding hydrogens is 334 g/mol. The lowest BCUT2D eigenvalue weighted by molar-refractivity contribution is -0.142. The Kier molecular flexibility index (Phi) is 6.38. The van der Waals surface area contributed by atoms with Crippen molar-refractivity contribution < 1.29 is 24.2 Å². The first kappa shape index (κ1) is 19.1. The van der Waals surface area contributed by atoms with Crippen molar-refractivity contribution in [3.8, 4) is 11.5 Å². The number of aryl methyl sites for hydroxylation is 2. The number of ether oxygens (including phenoxy) is 2. The number of hydrogen-bond acceptors (Lipinski definition) is 5. The minimum absolute atomic E-state index is 0.00952. The minimum Gasteiger partial charge on any atom is -0.504 e. The monoisotopic (exact) mass is 355 g/mol. The second kappa shape index (κ2) is 8.71. The molecule has 0 bridgehead atoms. The van der Waals surface area contributed by atoms with Gasteiger partial charge in [-0.2, -0.15) is 0 Å². The van der Waals surface area contributed by atoms with Crippen LogP contribution in [0.2, 0.25) is 0 Å². The maximum absolute atomic E-state index is 11.9. The van der Waals surface area contributed by atoms with Gasteiger partial charge in [-0.05, 0) is 60.9 Å². The number of carbonyl (C=O) groups is 2. The van der Waals surface area contributed by atoms with Crippen molar-refractivity contribution in [3.63, 3.8) is 0 Å². The van der Waals surface area contributed by atoms with E-state index in [9.17, 15) is 14.7 Å². The Balaban J connectivity index is 1.87. The number of anilines is 1. The number of nitrogens with one attached hydrogen (secondary N) is 1. The summed E-state index contributed by atoms with van der Waals surface area (Å²) in [4.78, 5) is 23.6. The predicted octanol–water partition coefficient (Wildman–Crippen LogP) is 3.21. The molecule has 0 aromatic heterocycles. The van der Waals surface area contributed by atoms with Gasteiger partial charge in [-0.15, -0.1) is 0 Å². The van der Waals surface area contributed by atoms with Crippen LogP contribution in [0.25, 0.3) is 6.08 Å². The van der Waals surface area contributed by atoms with Gasteiger partial charge in [-0.3, -0.25) is 4.79 Å². The molecule has 6 heteroatoms. The van der Waals surface area contributed by atoms with E-state index in [4.69, 9.17) is 9.47 Å². The van der Waals surface area contributed by atoms with E-state index in [1.165, 1.54) is 25.3 Å². The van der Waals surface area contributed by atoms with Gasteiger partial charge in [-0.1, -0.05) is 12.1 Å². The number of amides is 1. The number of benzene rings is 2. The zero-order chi connectivity index (χ0) is 19.1. The smallest absolute Gasteiger partial charge is 0.331 e. The zero-order valence-corrected chi connectivity index (χ0v) is 14.9. The fourth-order valence-electron chi connectivity index (χ4n) is 2.39. The summed E-state index contributed by atoms with van der Waals surface area (Å²) in [6.45, 7) is 3.49. The van der Waals surface area contributed by atoms with E-state index in [-0.39, 0.29) is 12.4 Å². The van der Waals surface area contributed by atoms with Crippen LogP contribution in [0.15, 0.2) is 42.5 Å². The lowest BCUT2D eigenvalue weighted by Gasteiger charge is -2.07. The average molecular weight is 355 g/mol. The molecule has 26 heavy (non-hydrogen) atoms. The Labute approximate surface area is 152 Å². The number of hydrogen-bond donors (Lipinski definition) is 2. The van der Waals surface area contributed by atoms with Crippen LogP contribution in [-0.4, -0.2) is 30.7 Å². The summed E-state index contributed by atoms with van der Waals surface area (Å²) >= 11 is 0. The Morgan fingerprint density at radius 1 is 1.12 bits per heavy atom. The van der Waals surface area contributed by atoms with Gasteiger partial charge >= 0.3 is 5.97 Å². The maximum Gasteiger partial charge on any atom is 0.331 e. The normalized spacial score (nSPS) is 10.6. The van der Waals surface area contributed by atoms with Crippen LogP contribution in [-0.2, 0) is 14.3 Å². The fraction of sp³-hybridized carbons (Fsp3) is 0.200. The Hall–Kier alpha value is -3.28. The molecule has 6 nitrogen and oxygen atoms in total. The number of rotatable bonds is 6. The van der Waals surface area contributed by atoms with Crippen molar-refractivity contribution in [2.75, 3.05) is 19.0 Å². The van der Waals surface area contributed by atoms with Gasteiger partial charge in [0.2, 0.25) is 0 Å². The van der Waals surface area contributed by atoms with Gasteiger partial charge in [0.05, 0.1) is 7.11 Å². The van der Waals surface area contributed by atoms with E-state index in [1.54, 1.807) is 12.1 Å². The molecule has 2 rings (SSSR count). The largest absolute Gasteiger partial charge is 0.504 e. The molecule has 0 saturated heterocycles. The Morgan fingerprint density at radius 2 is 1.81 bits per heavy atom. The summed E-state index contributed by atoms with van der Waals surface area (Å²) in [5, 5.41) is 12.2. The molecule has 136 valence electrons. The van der Waals surface area contributed by atoms with Crippen molar-refractivity contribution in [1.82, 2.24) is 0 Å². The lowest BCUT2D eigenvalue weighted by Crippen LogP contribution is -2.20. The van der Waals surface area contributed by atoms with E-state index in [2.05, 4.69) is 5.32 Å². The number of phenols is 1. The first-order valence-electron chi connectivity index (χ1n) is 7.97. The molecule has 0 radical (unpaired) electrons. The summed E-state index contributed by atoms with van der Waals surface area (Å²) in [7, 11) is 1.44. The van der Waals surface area contributed by atoms with E-state index in [0.717, 1.165) is 11.1 Å². The highest BCUT2D eigenvalue weighted by Crippen LogP contribution is 2.26. The molecule has 0 saturated carbocycles. The van der Waals surface area contributed by atoms with E-state index >= 15 is 0 Å². The summed E-state index contributed by atoms with van der Waals surface area (Å²) in [6.07, 6.45) is 2.71. The third-order valence-electron chi connectivity index (χ3n) is 3.47. The van der Waals surface area contributed by atoms with Gasteiger partial charge in [0.1, 0.15) is 0 Å². The van der Waals surface area contributed by atoms with Crippen molar-refractivity contribution in [2.45, 2.75) is 13.8 Å². The van der Waals surface area contributed by atoms with Gasteiger partial charge in [0.25, 0.3) is 5.91 Å². The van der Waals surface area contributed by atoms with E-state index in [0.29, 0.717) is 17.0 Å². The quantitative estimate of drug-likeness (QED) is 0.614.